The molecule has 0 amide bonds. The molecule has 0 bridgehead atoms. The highest BCUT2D eigenvalue weighted by Gasteiger charge is 1.90. The number of halogens is 2. The zero-order chi connectivity index (χ0) is 6.69. The fourth-order valence-electron chi connectivity index (χ4n) is 0.481. The molecule has 0 radical (unpaired) electrons. The van der Waals surface area contributed by atoms with E-state index < -0.39 is 6.08 Å². The summed E-state index contributed by atoms with van der Waals surface area (Å²) in [6, 6.07) is 3.38. The Morgan fingerprint density at radius 2 is 2.33 bits per heavy atom. The molecule has 0 nitrogen and oxygen atoms in total. The number of hydrogen-bond donors (Lipinski definition) is 0. The number of hydrogen-bond acceptors (Lipinski definition) is 1. The van der Waals surface area contributed by atoms with Crippen molar-refractivity contribution in [1.29, 1.82) is 0 Å². The maximum Gasteiger partial charge on any atom is 0.271 e. The molecule has 0 atom stereocenters. The Hall–Kier alpha value is -0.700. The van der Waals surface area contributed by atoms with E-state index in [0.29, 0.717) is 4.88 Å². The van der Waals surface area contributed by atoms with Gasteiger partial charge in [-0.2, -0.15) is 8.78 Å². The minimum atomic E-state index is -1.64. The Morgan fingerprint density at radius 3 is 2.78 bits per heavy atom. The van der Waals surface area contributed by atoms with Crippen LogP contribution >= 0.6 is 11.3 Å². The summed E-state index contributed by atoms with van der Waals surface area (Å²) in [5.41, 5.74) is 0. The summed E-state index contributed by atoms with van der Waals surface area (Å²) in [6.45, 7) is 0. The van der Waals surface area contributed by atoms with Crippen LogP contribution in [0.15, 0.2) is 23.6 Å². The van der Waals surface area contributed by atoms with E-state index in [1.54, 1.807) is 17.5 Å². The van der Waals surface area contributed by atoms with Crippen LogP contribution in [0.3, 0.4) is 0 Å². The highest BCUT2D eigenvalue weighted by molar-refractivity contribution is 7.10. The van der Waals surface area contributed by atoms with Gasteiger partial charge in [-0.1, -0.05) is 6.07 Å². The standard InChI is InChI=1S/C6H4F2S/c7-6(8)4-5-2-1-3-9-5/h1-4H. The predicted molar refractivity (Wildman–Crippen MR) is 34.5 cm³/mol. The highest BCUT2D eigenvalue weighted by Crippen LogP contribution is 2.13. The van der Waals surface area contributed by atoms with Gasteiger partial charge in [0.1, 0.15) is 0 Å². The second-order valence-electron chi connectivity index (χ2n) is 1.45. The maximum atomic E-state index is 11.5. The van der Waals surface area contributed by atoms with Gasteiger partial charge in [-0.3, -0.25) is 0 Å². The molecule has 0 saturated heterocycles. The van der Waals surface area contributed by atoms with Crippen molar-refractivity contribution in [3.05, 3.63) is 28.5 Å². The molecule has 0 N–H and O–H groups in total. The third-order valence-corrected chi connectivity index (χ3v) is 1.61. The Labute approximate surface area is 55.4 Å². The largest absolute Gasteiger partial charge is 0.271 e. The lowest BCUT2D eigenvalue weighted by Gasteiger charge is -1.77. The normalized spacial score (nSPS) is 9.11. The molecule has 0 unspecified atom stereocenters. The Bertz CT molecular complexity index is 197. The second-order valence-corrected chi connectivity index (χ2v) is 2.43. The first-order valence-corrected chi connectivity index (χ1v) is 3.23. The van der Waals surface area contributed by atoms with E-state index in [1.165, 1.54) is 11.3 Å². The average Bonchev–Trinajstić information content (AvgIpc) is 2.15. The molecule has 9 heavy (non-hydrogen) atoms. The zero-order valence-electron chi connectivity index (χ0n) is 4.47. The molecule has 0 aliphatic heterocycles. The van der Waals surface area contributed by atoms with Crippen molar-refractivity contribution >= 4 is 17.4 Å². The minimum Gasteiger partial charge on any atom is -0.173 e. The molecule has 0 aliphatic rings. The average molecular weight is 146 g/mol. The molecule has 1 aromatic heterocycles. The SMILES string of the molecule is FC(F)=Cc1cccs1. The van der Waals surface area contributed by atoms with Crippen LogP contribution in [0.1, 0.15) is 4.88 Å². The maximum absolute atomic E-state index is 11.5. The first kappa shape index (κ1) is 6.42. The van der Waals surface area contributed by atoms with Crippen LogP contribution in [0, 0.1) is 0 Å². The van der Waals surface area contributed by atoms with Crippen LogP contribution < -0.4 is 0 Å². The molecule has 1 heterocycles. The molecule has 48 valence electrons. The summed E-state index contributed by atoms with van der Waals surface area (Å²) in [6.07, 6.45) is -0.789. The van der Waals surface area contributed by atoms with Crippen LogP contribution in [0.25, 0.3) is 6.08 Å². The zero-order valence-corrected chi connectivity index (χ0v) is 5.29. The van der Waals surface area contributed by atoms with Gasteiger partial charge in [0.05, 0.1) is 0 Å². The van der Waals surface area contributed by atoms with E-state index in [9.17, 15) is 8.78 Å². The van der Waals surface area contributed by atoms with Gasteiger partial charge in [0.2, 0.25) is 0 Å². The van der Waals surface area contributed by atoms with Crippen molar-refractivity contribution in [3.8, 4) is 0 Å². The molecule has 0 aromatic carbocycles. The van der Waals surface area contributed by atoms with E-state index in [-0.39, 0.29) is 0 Å². The molecule has 1 rings (SSSR count). The van der Waals surface area contributed by atoms with Crippen molar-refractivity contribution in [3.63, 3.8) is 0 Å². The molecular weight excluding hydrogens is 142 g/mol. The first-order chi connectivity index (χ1) is 4.29. The van der Waals surface area contributed by atoms with Gasteiger partial charge in [-0.05, 0) is 11.4 Å². The van der Waals surface area contributed by atoms with E-state index >= 15 is 0 Å². The van der Waals surface area contributed by atoms with E-state index in [4.69, 9.17) is 0 Å². The van der Waals surface area contributed by atoms with Crippen LogP contribution in [-0.4, -0.2) is 0 Å². The lowest BCUT2D eigenvalue weighted by Crippen LogP contribution is -1.56. The summed E-state index contributed by atoms with van der Waals surface area (Å²) in [5, 5.41) is 1.76. The number of thiophene rings is 1. The molecule has 0 aliphatic carbocycles. The van der Waals surface area contributed by atoms with Crippen molar-refractivity contribution < 1.29 is 8.78 Å². The molecule has 3 heteroatoms. The van der Waals surface area contributed by atoms with Crippen molar-refractivity contribution in [1.82, 2.24) is 0 Å². The molecule has 0 spiro atoms. The third kappa shape index (κ3) is 1.93. The number of rotatable bonds is 1. The summed E-state index contributed by atoms with van der Waals surface area (Å²) in [4.78, 5) is 0.593. The van der Waals surface area contributed by atoms with Crippen molar-refractivity contribution in [2.45, 2.75) is 0 Å². The molecule has 1 aromatic rings. The van der Waals surface area contributed by atoms with Crippen LogP contribution in [-0.2, 0) is 0 Å². The van der Waals surface area contributed by atoms with Crippen LogP contribution in [0.2, 0.25) is 0 Å². The van der Waals surface area contributed by atoms with Crippen molar-refractivity contribution in [2.75, 3.05) is 0 Å². The van der Waals surface area contributed by atoms with Crippen LogP contribution in [0.5, 0.6) is 0 Å². The van der Waals surface area contributed by atoms with Crippen molar-refractivity contribution in [2.24, 2.45) is 0 Å². The lowest BCUT2D eigenvalue weighted by atomic mass is 10.5. The Balaban J connectivity index is 2.80. The van der Waals surface area contributed by atoms with E-state index in [0.717, 1.165) is 6.08 Å². The van der Waals surface area contributed by atoms with Gasteiger partial charge in [-0.15, -0.1) is 11.3 Å². The van der Waals surface area contributed by atoms with Gasteiger partial charge in [0.15, 0.2) is 0 Å². The minimum absolute atomic E-state index is 0.593. The quantitative estimate of drug-likeness (QED) is 0.571. The molecule has 0 fully saturated rings. The van der Waals surface area contributed by atoms with E-state index in [1.807, 2.05) is 0 Å². The predicted octanol–water partition coefficient (Wildman–Crippen LogP) is 2.99. The third-order valence-electron chi connectivity index (χ3n) is 0.795. The fraction of sp³-hybridized carbons (Fsp3) is 0. The van der Waals surface area contributed by atoms with Crippen LogP contribution in [0.4, 0.5) is 8.78 Å². The fourth-order valence-corrected chi connectivity index (χ4v) is 1.11. The summed E-state index contributed by atoms with van der Waals surface area (Å²) in [5.74, 6) is 0. The van der Waals surface area contributed by atoms with Gasteiger partial charge >= 0.3 is 0 Å². The lowest BCUT2D eigenvalue weighted by molar-refractivity contribution is 0.429. The molecule has 0 saturated carbocycles. The molecular formula is C6H4F2S. The first-order valence-electron chi connectivity index (χ1n) is 2.35. The monoisotopic (exact) mass is 146 g/mol. The Kier molecular flexibility index (Phi) is 1.95. The van der Waals surface area contributed by atoms with Gasteiger partial charge < -0.3 is 0 Å². The van der Waals surface area contributed by atoms with Gasteiger partial charge in [0.25, 0.3) is 6.08 Å². The van der Waals surface area contributed by atoms with E-state index in [2.05, 4.69) is 0 Å². The second kappa shape index (κ2) is 2.73. The highest BCUT2D eigenvalue weighted by atomic mass is 32.1. The summed E-state index contributed by atoms with van der Waals surface area (Å²) in [7, 11) is 0. The Morgan fingerprint density at radius 1 is 1.56 bits per heavy atom. The van der Waals surface area contributed by atoms with Gasteiger partial charge in [-0.25, -0.2) is 0 Å². The summed E-state index contributed by atoms with van der Waals surface area (Å²) < 4.78 is 22.9. The smallest absolute Gasteiger partial charge is 0.173 e. The topological polar surface area (TPSA) is 0 Å². The summed E-state index contributed by atoms with van der Waals surface area (Å²) >= 11 is 1.29. The van der Waals surface area contributed by atoms with Gasteiger partial charge in [0, 0.05) is 11.0 Å².